The lowest BCUT2D eigenvalue weighted by atomic mass is 10.2. The standard InChI is InChI=1S/C13H7BrFNO/c14-12-7-10(15)4-5-13(12)17-11-3-1-2-9(6-11)8-16/h1-7H. The lowest BCUT2D eigenvalue weighted by Gasteiger charge is -2.07. The lowest BCUT2D eigenvalue weighted by molar-refractivity contribution is 0.477. The maximum absolute atomic E-state index is 12.9. The van der Waals surface area contributed by atoms with Crippen LogP contribution in [0.1, 0.15) is 5.56 Å². The van der Waals surface area contributed by atoms with Crippen LogP contribution in [-0.2, 0) is 0 Å². The average Bonchev–Trinajstić information content (AvgIpc) is 2.33. The van der Waals surface area contributed by atoms with Crippen molar-refractivity contribution in [2.45, 2.75) is 0 Å². The molecule has 0 unspecified atom stereocenters. The second-order valence-electron chi connectivity index (χ2n) is 3.32. The Morgan fingerprint density at radius 3 is 2.71 bits per heavy atom. The molecule has 0 atom stereocenters. The van der Waals surface area contributed by atoms with Gasteiger partial charge in [-0.15, -0.1) is 0 Å². The molecule has 0 aliphatic heterocycles. The quantitative estimate of drug-likeness (QED) is 0.828. The van der Waals surface area contributed by atoms with E-state index < -0.39 is 0 Å². The van der Waals surface area contributed by atoms with Gasteiger partial charge in [0.25, 0.3) is 0 Å². The van der Waals surface area contributed by atoms with Crippen molar-refractivity contribution in [2.75, 3.05) is 0 Å². The molecule has 17 heavy (non-hydrogen) atoms. The molecular formula is C13H7BrFNO. The first-order valence-corrected chi connectivity index (χ1v) is 5.61. The number of hydrogen-bond acceptors (Lipinski definition) is 2. The molecule has 0 saturated carbocycles. The van der Waals surface area contributed by atoms with Crippen LogP contribution < -0.4 is 4.74 Å². The number of ether oxygens (including phenoxy) is 1. The van der Waals surface area contributed by atoms with Crippen molar-refractivity contribution in [1.29, 1.82) is 5.26 Å². The molecule has 0 aliphatic carbocycles. The summed E-state index contributed by atoms with van der Waals surface area (Å²) in [5.41, 5.74) is 0.515. The van der Waals surface area contributed by atoms with E-state index in [1.807, 2.05) is 6.07 Å². The van der Waals surface area contributed by atoms with Gasteiger partial charge in [-0.1, -0.05) is 6.07 Å². The van der Waals surface area contributed by atoms with Crippen LogP contribution in [0.5, 0.6) is 11.5 Å². The molecule has 0 aliphatic rings. The zero-order valence-corrected chi connectivity index (χ0v) is 10.2. The normalized spacial score (nSPS) is 9.71. The van der Waals surface area contributed by atoms with Crippen LogP contribution in [0.3, 0.4) is 0 Å². The zero-order chi connectivity index (χ0) is 12.3. The summed E-state index contributed by atoms with van der Waals surface area (Å²) in [4.78, 5) is 0. The predicted octanol–water partition coefficient (Wildman–Crippen LogP) is 4.25. The molecule has 0 heterocycles. The Morgan fingerprint density at radius 2 is 2.00 bits per heavy atom. The molecule has 2 nitrogen and oxygen atoms in total. The van der Waals surface area contributed by atoms with Gasteiger partial charge < -0.3 is 4.74 Å². The molecule has 4 heteroatoms. The highest BCUT2D eigenvalue weighted by Gasteiger charge is 2.04. The smallest absolute Gasteiger partial charge is 0.141 e. The lowest BCUT2D eigenvalue weighted by Crippen LogP contribution is -1.87. The van der Waals surface area contributed by atoms with Crippen LogP contribution in [0.25, 0.3) is 0 Å². The Kier molecular flexibility index (Phi) is 3.40. The Labute approximate surface area is 106 Å². The minimum absolute atomic E-state index is 0.338. The topological polar surface area (TPSA) is 33.0 Å². The van der Waals surface area contributed by atoms with Gasteiger partial charge in [0, 0.05) is 0 Å². The Bertz CT molecular complexity index is 592. The Morgan fingerprint density at radius 1 is 1.18 bits per heavy atom. The number of benzene rings is 2. The summed E-state index contributed by atoms with van der Waals surface area (Å²) >= 11 is 3.21. The molecule has 0 saturated heterocycles. The number of halogens is 2. The molecule has 2 aromatic rings. The number of rotatable bonds is 2. The molecule has 0 fully saturated rings. The molecule has 0 N–H and O–H groups in total. The highest BCUT2D eigenvalue weighted by Crippen LogP contribution is 2.30. The van der Waals surface area contributed by atoms with Gasteiger partial charge in [-0.05, 0) is 52.3 Å². The van der Waals surface area contributed by atoms with Crippen LogP contribution in [0.4, 0.5) is 4.39 Å². The van der Waals surface area contributed by atoms with Gasteiger partial charge in [-0.2, -0.15) is 5.26 Å². The first-order valence-electron chi connectivity index (χ1n) is 4.82. The van der Waals surface area contributed by atoms with E-state index in [4.69, 9.17) is 10.00 Å². The maximum Gasteiger partial charge on any atom is 0.141 e. The second kappa shape index (κ2) is 4.98. The largest absolute Gasteiger partial charge is 0.456 e. The Balaban J connectivity index is 2.28. The van der Waals surface area contributed by atoms with Crippen molar-refractivity contribution in [2.24, 2.45) is 0 Å². The van der Waals surface area contributed by atoms with Crippen LogP contribution in [-0.4, -0.2) is 0 Å². The van der Waals surface area contributed by atoms with Gasteiger partial charge >= 0.3 is 0 Å². The van der Waals surface area contributed by atoms with Crippen LogP contribution in [0.2, 0.25) is 0 Å². The first-order chi connectivity index (χ1) is 8.19. The monoisotopic (exact) mass is 291 g/mol. The van der Waals surface area contributed by atoms with Gasteiger partial charge in [0.2, 0.25) is 0 Å². The first kappa shape index (κ1) is 11.6. The fourth-order valence-corrected chi connectivity index (χ4v) is 1.75. The molecule has 0 bridgehead atoms. The van der Waals surface area contributed by atoms with Crippen molar-refractivity contribution in [3.8, 4) is 17.6 Å². The highest BCUT2D eigenvalue weighted by molar-refractivity contribution is 9.10. The van der Waals surface area contributed by atoms with Gasteiger partial charge in [0.05, 0.1) is 16.1 Å². The molecule has 2 aromatic carbocycles. The van der Waals surface area contributed by atoms with Crippen LogP contribution in [0.15, 0.2) is 46.9 Å². The molecule has 84 valence electrons. The highest BCUT2D eigenvalue weighted by atomic mass is 79.9. The van der Waals surface area contributed by atoms with Gasteiger partial charge in [-0.3, -0.25) is 0 Å². The van der Waals surface area contributed by atoms with E-state index >= 15 is 0 Å². The van der Waals surface area contributed by atoms with E-state index in [1.165, 1.54) is 18.2 Å². The van der Waals surface area contributed by atoms with E-state index in [0.29, 0.717) is 21.5 Å². The zero-order valence-electron chi connectivity index (χ0n) is 8.65. The maximum atomic E-state index is 12.9. The molecule has 0 aromatic heterocycles. The fourth-order valence-electron chi connectivity index (χ4n) is 1.31. The van der Waals surface area contributed by atoms with Gasteiger partial charge in [-0.25, -0.2) is 4.39 Å². The molecule has 0 spiro atoms. The summed E-state index contributed by atoms with van der Waals surface area (Å²) < 4.78 is 18.9. The summed E-state index contributed by atoms with van der Waals surface area (Å²) in [5.74, 6) is 0.702. The number of hydrogen-bond donors (Lipinski definition) is 0. The molecular weight excluding hydrogens is 285 g/mol. The summed E-state index contributed by atoms with van der Waals surface area (Å²) in [6.07, 6.45) is 0. The number of nitriles is 1. The second-order valence-corrected chi connectivity index (χ2v) is 4.17. The minimum atomic E-state index is -0.338. The van der Waals surface area contributed by atoms with E-state index in [0.717, 1.165) is 0 Å². The van der Waals surface area contributed by atoms with E-state index in [-0.39, 0.29) is 5.82 Å². The molecule has 2 rings (SSSR count). The summed E-state index contributed by atoms with van der Waals surface area (Å²) in [6, 6.07) is 13.0. The summed E-state index contributed by atoms with van der Waals surface area (Å²) in [6.45, 7) is 0. The molecule has 0 radical (unpaired) electrons. The average molecular weight is 292 g/mol. The summed E-state index contributed by atoms with van der Waals surface area (Å²) in [5, 5.41) is 8.75. The third kappa shape index (κ3) is 2.83. The third-order valence-corrected chi connectivity index (χ3v) is 2.70. The van der Waals surface area contributed by atoms with E-state index in [2.05, 4.69) is 15.9 Å². The molecule has 0 amide bonds. The summed E-state index contributed by atoms with van der Waals surface area (Å²) in [7, 11) is 0. The SMILES string of the molecule is N#Cc1cccc(Oc2ccc(F)cc2Br)c1. The third-order valence-electron chi connectivity index (χ3n) is 2.08. The van der Waals surface area contributed by atoms with Gasteiger partial charge in [0.15, 0.2) is 0 Å². The van der Waals surface area contributed by atoms with Crippen molar-refractivity contribution >= 4 is 15.9 Å². The van der Waals surface area contributed by atoms with E-state index in [9.17, 15) is 4.39 Å². The fraction of sp³-hybridized carbons (Fsp3) is 0. The van der Waals surface area contributed by atoms with Gasteiger partial charge in [0.1, 0.15) is 17.3 Å². The predicted molar refractivity (Wildman–Crippen MR) is 65.3 cm³/mol. The van der Waals surface area contributed by atoms with Crippen molar-refractivity contribution in [3.63, 3.8) is 0 Å². The van der Waals surface area contributed by atoms with Crippen LogP contribution in [0, 0.1) is 17.1 Å². The van der Waals surface area contributed by atoms with Crippen molar-refractivity contribution in [1.82, 2.24) is 0 Å². The minimum Gasteiger partial charge on any atom is -0.456 e. The van der Waals surface area contributed by atoms with Crippen molar-refractivity contribution in [3.05, 3.63) is 58.3 Å². The van der Waals surface area contributed by atoms with Crippen LogP contribution >= 0.6 is 15.9 Å². The number of nitrogens with zero attached hydrogens (tertiary/aromatic N) is 1. The van der Waals surface area contributed by atoms with E-state index in [1.54, 1.807) is 24.3 Å². The Hall–Kier alpha value is -1.86. The van der Waals surface area contributed by atoms with Crippen molar-refractivity contribution < 1.29 is 9.13 Å².